The van der Waals surface area contributed by atoms with Gasteiger partial charge in [-0.3, -0.25) is 4.79 Å². The van der Waals surface area contributed by atoms with Crippen LogP contribution in [0, 0.1) is 6.92 Å². The minimum absolute atomic E-state index is 0.112. The largest absolute Gasteiger partial charge is 0.871 e. The molecule has 3 nitrogen and oxygen atoms in total. The maximum absolute atomic E-state index is 13.6. The van der Waals surface area contributed by atoms with E-state index in [1.807, 2.05) is 30.3 Å². The number of rotatable bonds is 4. The van der Waals surface area contributed by atoms with Crippen molar-refractivity contribution in [2.24, 2.45) is 0 Å². The molecular formula is C35H29NO2. The Morgan fingerprint density at radius 1 is 0.711 bits per heavy atom. The van der Waals surface area contributed by atoms with Gasteiger partial charge in [-0.2, -0.15) is 4.58 Å². The van der Waals surface area contributed by atoms with Gasteiger partial charge in [0.1, 0.15) is 0 Å². The second kappa shape index (κ2) is 9.42. The van der Waals surface area contributed by atoms with E-state index >= 15 is 0 Å². The van der Waals surface area contributed by atoms with Crippen molar-refractivity contribution in [1.82, 2.24) is 0 Å². The minimum atomic E-state index is -0.117. The average molecular weight is 496 g/mol. The van der Waals surface area contributed by atoms with Crippen molar-refractivity contribution in [3.8, 4) is 11.1 Å². The lowest BCUT2D eigenvalue weighted by Gasteiger charge is -2.24. The summed E-state index contributed by atoms with van der Waals surface area (Å²) in [4.78, 5) is 13.6. The monoisotopic (exact) mass is 495 g/mol. The molecule has 3 heteroatoms. The molecule has 6 rings (SSSR count). The van der Waals surface area contributed by atoms with Gasteiger partial charge in [-0.05, 0) is 66.8 Å². The lowest BCUT2D eigenvalue weighted by atomic mass is 9.89. The van der Waals surface area contributed by atoms with Gasteiger partial charge in [-0.1, -0.05) is 90.2 Å². The molecule has 0 spiro atoms. The minimum Gasteiger partial charge on any atom is -0.871 e. The average Bonchev–Trinajstić information content (AvgIpc) is 3.25. The second-order valence-corrected chi connectivity index (χ2v) is 10.1. The van der Waals surface area contributed by atoms with E-state index in [4.69, 9.17) is 0 Å². The Kier molecular flexibility index (Phi) is 5.92. The lowest BCUT2D eigenvalue weighted by Crippen LogP contribution is -2.34. The molecular weight excluding hydrogens is 466 g/mol. The molecule has 0 saturated carbocycles. The van der Waals surface area contributed by atoms with Gasteiger partial charge in [0, 0.05) is 17.6 Å². The first kappa shape index (κ1) is 23.9. The van der Waals surface area contributed by atoms with Crippen molar-refractivity contribution >= 4 is 17.1 Å². The number of hydrogen-bond acceptors (Lipinski definition) is 2. The first-order valence-electron chi connectivity index (χ1n) is 13.1. The molecule has 1 heterocycles. The number of hydrogen-bond donors (Lipinski definition) is 0. The zero-order chi connectivity index (χ0) is 26.4. The van der Waals surface area contributed by atoms with Crippen molar-refractivity contribution in [2.45, 2.75) is 27.2 Å². The van der Waals surface area contributed by atoms with E-state index in [0.717, 1.165) is 51.1 Å². The summed E-state index contributed by atoms with van der Waals surface area (Å²) >= 11 is 0. The molecule has 1 aliphatic carbocycles. The molecule has 4 aromatic rings. The van der Waals surface area contributed by atoms with Crippen LogP contribution in [0.15, 0.2) is 114 Å². The van der Waals surface area contributed by atoms with Crippen molar-refractivity contribution in [3.05, 3.63) is 147 Å². The maximum atomic E-state index is 13.6. The number of benzene rings is 4. The third-order valence-electron chi connectivity index (χ3n) is 7.60. The maximum Gasteiger partial charge on any atom is 0.220 e. The Morgan fingerprint density at radius 3 is 1.79 bits per heavy atom. The molecule has 0 aromatic heterocycles. The van der Waals surface area contributed by atoms with E-state index in [0.29, 0.717) is 17.8 Å². The smallest absolute Gasteiger partial charge is 0.220 e. The van der Waals surface area contributed by atoms with E-state index in [1.54, 1.807) is 13.8 Å². The molecule has 0 unspecified atom stereocenters. The fourth-order valence-electron chi connectivity index (χ4n) is 5.95. The summed E-state index contributed by atoms with van der Waals surface area (Å²) < 4.78 is 2.10. The van der Waals surface area contributed by atoms with Gasteiger partial charge in [0.15, 0.2) is 12.3 Å². The van der Waals surface area contributed by atoms with Crippen LogP contribution in [-0.2, 0) is 11.2 Å². The Morgan fingerprint density at radius 2 is 1.24 bits per heavy atom. The molecule has 0 amide bonds. The van der Waals surface area contributed by atoms with E-state index in [1.165, 1.54) is 11.1 Å². The number of Topliss-reactive ketones (excluding diaryl/α,β-unsaturated/α-hetero) is 1. The summed E-state index contributed by atoms with van der Waals surface area (Å²) in [6.07, 6.45) is 0.788. The molecule has 38 heavy (non-hydrogen) atoms. The van der Waals surface area contributed by atoms with Gasteiger partial charge in [-0.25, -0.2) is 0 Å². The highest BCUT2D eigenvalue weighted by Gasteiger charge is 2.36. The molecule has 2 aliphatic rings. The first-order valence-corrected chi connectivity index (χ1v) is 13.1. The molecule has 4 aromatic carbocycles. The summed E-state index contributed by atoms with van der Waals surface area (Å²) in [7, 11) is 0. The van der Waals surface area contributed by atoms with Gasteiger partial charge in [0.25, 0.3) is 0 Å². The molecule has 0 fully saturated rings. The van der Waals surface area contributed by atoms with Crippen LogP contribution in [0.3, 0.4) is 0 Å². The Labute approximate surface area is 223 Å². The normalized spacial score (nSPS) is 14.4. The van der Waals surface area contributed by atoms with Crippen molar-refractivity contribution < 1.29 is 14.5 Å². The van der Waals surface area contributed by atoms with Crippen LogP contribution < -0.4 is 5.11 Å². The van der Waals surface area contributed by atoms with Crippen LogP contribution in [-0.4, -0.2) is 22.6 Å². The van der Waals surface area contributed by atoms with Gasteiger partial charge in [0.05, 0.1) is 11.1 Å². The quantitative estimate of drug-likeness (QED) is 0.173. The molecule has 1 aliphatic heterocycles. The van der Waals surface area contributed by atoms with E-state index in [9.17, 15) is 9.90 Å². The second-order valence-electron chi connectivity index (χ2n) is 10.1. The highest BCUT2D eigenvalue weighted by molar-refractivity contribution is 6.15. The molecule has 0 bridgehead atoms. The molecule has 186 valence electrons. The summed E-state index contributed by atoms with van der Waals surface area (Å²) in [5, 5.41) is 13.6. The van der Waals surface area contributed by atoms with Crippen LogP contribution in [0.2, 0.25) is 0 Å². The highest BCUT2D eigenvalue weighted by Crippen LogP contribution is 2.47. The molecule has 0 atom stereocenters. The van der Waals surface area contributed by atoms with Gasteiger partial charge >= 0.3 is 0 Å². The van der Waals surface area contributed by atoms with E-state index in [2.05, 4.69) is 78.2 Å². The zero-order valence-electron chi connectivity index (χ0n) is 21.9. The summed E-state index contributed by atoms with van der Waals surface area (Å²) in [5.41, 5.74) is 11.5. The number of carbonyl (C=O) groups excluding carboxylic acids is 1. The Balaban J connectivity index is 1.72. The number of carbonyl (C=O) groups is 1. The fourth-order valence-corrected chi connectivity index (χ4v) is 5.95. The predicted molar refractivity (Wildman–Crippen MR) is 151 cm³/mol. The van der Waals surface area contributed by atoms with E-state index < -0.39 is 0 Å². The lowest BCUT2D eigenvalue weighted by molar-refractivity contribution is -0.484. The van der Waals surface area contributed by atoms with Crippen molar-refractivity contribution in [3.63, 3.8) is 0 Å². The van der Waals surface area contributed by atoms with Crippen LogP contribution in [0.4, 0.5) is 0 Å². The number of nitrogens with zero attached hydrogens (tertiary/aromatic N) is 1. The van der Waals surface area contributed by atoms with Gasteiger partial charge < -0.3 is 5.11 Å². The number of fused-ring (bicyclic) bond motifs is 4. The number of ketones is 1. The Hall–Kier alpha value is -4.50. The zero-order valence-corrected chi connectivity index (χ0v) is 21.9. The summed E-state index contributed by atoms with van der Waals surface area (Å²) in [5.74, 6) is -0.229. The fraction of sp³-hybridized carbons (Fsp3) is 0.143. The standard InChI is InChI=1S/C35H29NO2/c1-22-16-18-26(19-17-22)35-27-11-5-4-10-25(27)20-21-36(35)34(24(3)38)32(23(2)37)33-30-14-8-6-12-28(30)29-13-7-9-15-31(29)33/h4-19H,20-21H2,1-3H3. The highest BCUT2D eigenvalue weighted by atomic mass is 16.3. The van der Waals surface area contributed by atoms with Crippen LogP contribution in [0.25, 0.3) is 16.7 Å². The van der Waals surface area contributed by atoms with Crippen LogP contribution >= 0.6 is 0 Å². The van der Waals surface area contributed by atoms with E-state index in [-0.39, 0.29) is 11.5 Å². The molecule has 0 saturated heterocycles. The third-order valence-corrected chi connectivity index (χ3v) is 7.60. The third kappa shape index (κ3) is 3.83. The predicted octanol–water partition coefficient (Wildman–Crippen LogP) is 6.06. The van der Waals surface area contributed by atoms with Crippen molar-refractivity contribution in [2.75, 3.05) is 6.54 Å². The molecule has 0 N–H and O–H groups in total. The molecule has 0 radical (unpaired) electrons. The Bertz CT molecular complexity index is 1650. The van der Waals surface area contributed by atoms with Gasteiger partial charge in [-0.15, -0.1) is 0 Å². The summed E-state index contributed by atoms with van der Waals surface area (Å²) in [6.45, 7) is 5.85. The SMILES string of the molecule is CC(=O)C(=C1c2ccccc2-c2ccccc21)C(=C(C)[O-])[N+]1=C(c2ccc(C)cc2)c2ccccc2CC1. The van der Waals surface area contributed by atoms with Crippen molar-refractivity contribution in [1.29, 1.82) is 0 Å². The van der Waals surface area contributed by atoms with Gasteiger partial charge in [0.2, 0.25) is 11.4 Å². The van der Waals surface area contributed by atoms with Crippen LogP contribution in [0.5, 0.6) is 0 Å². The topological polar surface area (TPSA) is 43.1 Å². The van der Waals surface area contributed by atoms with Crippen LogP contribution in [0.1, 0.15) is 47.2 Å². The summed E-state index contributed by atoms with van der Waals surface area (Å²) in [6, 6.07) is 33.1. The number of aryl methyl sites for hydroxylation is 1. The first-order chi connectivity index (χ1) is 18.5. The number of allylic oxidation sites excluding steroid dienone is 2.